The molecule has 1 unspecified atom stereocenters. The highest BCUT2D eigenvalue weighted by Crippen LogP contribution is 1.98. The van der Waals surface area contributed by atoms with Crippen LogP contribution < -0.4 is 0 Å². The smallest absolute Gasteiger partial charge is 0.0831 e. The van der Waals surface area contributed by atoms with Gasteiger partial charge in [-0.2, -0.15) is 0 Å². The second kappa shape index (κ2) is 8.93. The molecule has 0 aliphatic carbocycles. The summed E-state index contributed by atoms with van der Waals surface area (Å²) >= 11 is 0. The molecule has 0 spiro atoms. The average Bonchev–Trinajstić information content (AvgIpc) is 2.10. The molecule has 4 heteroatoms. The highest BCUT2D eigenvalue weighted by molar-refractivity contribution is 4.55. The van der Waals surface area contributed by atoms with Gasteiger partial charge in [0.1, 0.15) is 0 Å². The van der Waals surface area contributed by atoms with Gasteiger partial charge in [-0.25, -0.2) is 0 Å². The molecule has 0 saturated heterocycles. The monoisotopic (exact) mass is 178 g/mol. The molecule has 0 aliphatic heterocycles. The van der Waals surface area contributed by atoms with Crippen molar-refractivity contribution in [3.8, 4) is 0 Å². The van der Waals surface area contributed by atoms with Crippen LogP contribution in [0.1, 0.15) is 13.3 Å². The Morgan fingerprint density at radius 2 is 2.00 bits per heavy atom. The summed E-state index contributed by atoms with van der Waals surface area (Å²) in [7, 11) is 0. The van der Waals surface area contributed by atoms with Crippen LogP contribution in [0.2, 0.25) is 0 Å². The molecule has 0 aliphatic rings. The van der Waals surface area contributed by atoms with E-state index in [1.165, 1.54) is 0 Å². The lowest BCUT2D eigenvalue weighted by molar-refractivity contribution is -0.0347. The summed E-state index contributed by atoms with van der Waals surface area (Å²) in [5.74, 6) is 0. The van der Waals surface area contributed by atoms with Crippen LogP contribution in [0.25, 0.3) is 0 Å². The highest BCUT2D eigenvalue weighted by atomic mass is 16.5. The Labute approximate surface area is 73.1 Å². The molecule has 0 bridgehead atoms. The van der Waals surface area contributed by atoms with Crippen LogP contribution in [0.5, 0.6) is 0 Å². The number of ether oxygens (including phenoxy) is 2. The fourth-order valence-electron chi connectivity index (χ4n) is 0.827. The van der Waals surface area contributed by atoms with Crippen molar-refractivity contribution in [3.05, 3.63) is 0 Å². The molecule has 0 aromatic rings. The Bertz CT molecular complexity index is 79.1. The van der Waals surface area contributed by atoms with Gasteiger partial charge in [0.05, 0.1) is 25.9 Å². The Morgan fingerprint density at radius 1 is 1.25 bits per heavy atom. The van der Waals surface area contributed by atoms with Crippen molar-refractivity contribution >= 4 is 0 Å². The molecule has 0 heterocycles. The zero-order chi connectivity index (χ0) is 9.23. The first kappa shape index (κ1) is 11.8. The van der Waals surface area contributed by atoms with Crippen LogP contribution >= 0.6 is 0 Å². The molecule has 0 rings (SSSR count). The number of hydrogen-bond acceptors (Lipinski definition) is 4. The van der Waals surface area contributed by atoms with Crippen LogP contribution in [0, 0.1) is 0 Å². The number of hydrogen-bond donors (Lipinski definition) is 2. The van der Waals surface area contributed by atoms with Crippen LogP contribution in [0.3, 0.4) is 0 Å². The summed E-state index contributed by atoms with van der Waals surface area (Å²) < 4.78 is 10.3. The third-order valence-electron chi connectivity index (χ3n) is 1.40. The second-order valence-electron chi connectivity index (χ2n) is 2.39. The third-order valence-corrected chi connectivity index (χ3v) is 1.40. The molecule has 2 N–H and O–H groups in total. The van der Waals surface area contributed by atoms with E-state index in [1.807, 2.05) is 6.92 Å². The molecule has 0 aromatic carbocycles. The summed E-state index contributed by atoms with van der Waals surface area (Å²) in [6.07, 6.45) is 0.460. The largest absolute Gasteiger partial charge is 0.396 e. The Kier molecular flexibility index (Phi) is 8.81. The lowest BCUT2D eigenvalue weighted by atomic mass is 10.3. The van der Waals surface area contributed by atoms with Gasteiger partial charge in [-0.05, 0) is 13.3 Å². The van der Waals surface area contributed by atoms with Gasteiger partial charge < -0.3 is 19.7 Å². The summed E-state index contributed by atoms with van der Waals surface area (Å²) in [6.45, 7) is 3.43. The Morgan fingerprint density at radius 3 is 2.50 bits per heavy atom. The van der Waals surface area contributed by atoms with E-state index < -0.39 is 0 Å². The van der Waals surface area contributed by atoms with E-state index >= 15 is 0 Å². The van der Waals surface area contributed by atoms with Gasteiger partial charge in [0.2, 0.25) is 0 Å². The van der Waals surface area contributed by atoms with Crippen LogP contribution in [-0.4, -0.2) is 49.4 Å². The summed E-state index contributed by atoms with van der Waals surface area (Å²) in [5.41, 5.74) is 0. The van der Waals surface area contributed by atoms with Crippen molar-refractivity contribution in [2.45, 2.75) is 19.4 Å². The van der Waals surface area contributed by atoms with E-state index in [4.69, 9.17) is 19.7 Å². The van der Waals surface area contributed by atoms with Crippen molar-refractivity contribution in [1.29, 1.82) is 0 Å². The molecule has 0 amide bonds. The maximum absolute atomic E-state index is 8.64. The number of aliphatic hydroxyl groups excluding tert-OH is 2. The molecular formula is C8H18O4. The predicted molar refractivity (Wildman–Crippen MR) is 45.0 cm³/mol. The van der Waals surface area contributed by atoms with Gasteiger partial charge in [-0.15, -0.1) is 0 Å². The third kappa shape index (κ3) is 6.54. The lowest BCUT2D eigenvalue weighted by Gasteiger charge is -2.15. The normalized spacial score (nSPS) is 13.2. The lowest BCUT2D eigenvalue weighted by Crippen LogP contribution is -2.22. The van der Waals surface area contributed by atoms with Gasteiger partial charge in [0.25, 0.3) is 0 Å². The minimum atomic E-state index is -0.0953. The number of rotatable bonds is 8. The molecule has 1 atom stereocenters. The molecule has 0 radical (unpaired) electrons. The summed E-state index contributed by atoms with van der Waals surface area (Å²) in [4.78, 5) is 0. The zero-order valence-corrected chi connectivity index (χ0v) is 7.53. The van der Waals surface area contributed by atoms with Crippen molar-refractivity contribution in [1.82, 2.24) is 0 Å². The van der Waals surface area contributed by atoms with E-state index in [0.717, 1.165) is 0 Å². The molecule has 12 heavy (non-hydrogen) atoms. The first-order valence-corrected chi connectivity index (χ1v) is 4.26. The molecule has 4 nitrogen and oxygen atoms in total. The van der Waals surface area contributed by atoms with E-state index in [1.54, 1.807) is 0 Å². The fraction of sp³-hybridized carbons (Fsp3) is 1.00. The molecule has 0 fully saturated rings. The van der Waals surface area contributed by atoms with Crippen LogP contribution in [0.15, 0.2) is 0 Å². The maximum Gasteiger partial charge on any atom is 0.0831 e. The molecule has 0 aromatic heterocycles. The van der Waals surface area contributed by atoms with E-state index in [2.05, 4.69) is 0 Å². The highest BCUT2D eigenvalue weighted by Gasteiger charge is 2.07. The van der Waals surface area contributed by atoms with Gasteiger partial charge in [0.15, 0.2) is 0 Å². The van der Waals surface area contributed by atoms with E-state index in [0.29, 0.717) is 26.2 Å². The quantitative estimate of drug-likeness (QED) is 0.539. The molecule has 0 saturated carbocycles. The number of aliphatic hydroxyl groups is 2. The minimum Gasteiger partial charge on any atom is -0.396 e. The van der Waals surface area contributed by atoms with Crippen molar-refractivity contribution in [3.63, 3.8) is 0 Å². The van der Waals surface area contributed by atoms with Crippen molar-refractivity contribution < 1.29 is 19.7 Å². The van der Waals surface area contributed by atoms with Gasteiger partial charge >= 0.3 is 0 Å². The van der Waals surface area contributed by atoms with Crippen LogP contribution in [-0.2, 0) is 9.47 Å². The topological polar surface area (TPSA) is 58.9 Å². The summed E-state index contributed by atoms with van der Waals surface area (Å²) in [5, 5.41) is 17.1. The second-order valence-corrected chi connectivity index (χ2v) is 2.39. The SMILES string of the molecule is CCOCC(CCO)OCCO. The van der Waals surface area contributed by atoms with Gasteiger partial charge in [0, 0.05) is 13.2 Å². The van der Waals surface area contributed by atoms with Gasteiger partial charge in [-0.1, -0.05) is 0 Å². The van der Waals surface area contributed by atoms with Crippen LogP contribution in [0.4, 0.5) is 0 Å². The predicted octanol–water partition coefficient (Wildman–Crippen LogP) is -0.217. The standard InChI is InChI=1S/C8H18O4/c1-2-11-7-8(3-4-9)12-6-5-10/h8-10H,2-7H2,1H3. The van der Waals surface area contributed by atoms with Crippen molar-refractivity contribution in [2.24, 2.45) is 0 Å². The van der Waals surface area contributed by atoms with E-state index in [9.17, 15) is 0 Å². The maximum atomic E-state index is 8.64. The zero-order valence-electron chi connectivity index (χ0n) is 7.53. The first-order chi connectivity index (χ1) is 5.85. The minimum absolute atomic E-state index is 0.00799. The summed E-state index contributed by atoms with van der Waals surface area (Å²) in [6, 6.07) is 0. The average molecular weight is 178 g/mol. The Balaban J connectivity index is 3.40. The Hall–Kier alpha value is -0.160. The first-order valence-electron chi connectivity index (χ1n) is 4.26. The molecule has 74 valence electrons. The van der Waals surface area contributed by atoms with Crippen molar-refractivity contribution in [2.75, 3.05) is 33.0 Å². The van der Waals surface area contributed by atoms with Gasteiger partial charge in [-0.3, -0.25) is 0 Å². The van der Waals surface area contributed by atoms with E-state index in [-0.39, 0.29) is 19.3 Å². The fourth-order valence-corrected chi connectivity index (χ4v) is 0.827. The molecular weight excluding hydrogens is 160 g/mol.